The molecule has 4 fully saturated rings. The number of aliphatic hydroxyl groups excluding tert-OH is 1. The minimum atomic E-state index is -1.04. The standard InChI is InChI=1S/C54H74O6/c1-37(2)16-15-17-38(3)45-26-27-46-44-25-24-42-32-43(28-30-53(42,4)47(44)29-31-54(45,46)5)59-52-49(55)51(58-35-41-22-13-8-14-23-41)50(57-34-40-20-11-7-12-21-40)48(60-52)36-56-33-39-18-9-6-10-19-39/h6-14,18-24,37-38,43-52,55H,15-17,25-36H2,1-5H3/t38-,43?,44+,45-,46+,47+,48-,49-,50-,51-,52-,53+,54-/m1/s1. The van der Waals surface area contributed by atoms with Crippen molar-refractivity contribution >= 4 is 0 Å². The van der Waals surface area contributed by atoms with Gasteiger partial charge in [0.25, 0.3) is 0 Å². The number of hydrogen-bond donors (Lipinski definition) is 1. The Bertz CT molecular complexity index is 1800. The molecular weight excluding hydrogens is 745 g/mol. The Morgan fingerprint density at radius 2 is 1.35 bits per heavy atom. The molecule has 3 aromatic carbocycles. The summed E-state index contributed by atoms with van der Waals surface area (Å²) in [6, 6.07) is 30.5. The Hall–Kier alpha value is -2.84. The molecule has 326 valence electrons. The zero-order valence-corrected chi connectivity index (χ0v) is 37.3. The summed E-state index contributed by atoms with van der Waals surface area (Å²) in [5.74, 6) is 4.88. The van der Waals surface area contributed by atoms with Crippen LogP contribution in [0.25, 0.3) is 0 Å². The number of ether oxygens (including phenoxy) is 5. The highest BCUT2D eigenvalue weighted by molar-refractivity contribution is 5.26. The molecule has 1 saturated heterocycles. The van der Waals surface area contributed by atoms with Crippen molar-refractivity contribution in [3.05, 3.63) is 119 Å². The van der Waals surface area contributed by atoms with E-state index < -0.39 is 30.7 Å². The highest BCUT2D eigenvalue weighted by Gasteiger charge is 2.59. The van der Waals surface area contributed by atoms with Crippen molar-refractivity contribution in [1.82, 2.24) is 0 Å². The smallest absolute Gasteiger partial charge is 0.186 e. The summed E-state index contributed by atoms with van der Waals surface area (Å²) in [5, 5.41) is 12.2. The zero-order valence-electron chi connectivity index (χ0n) is 37.3. The lowest BCUT2D eigenvalue weighted by Gasteiger charge is -2.58. The van der Waals surface area contributed by atoms with E-state index >= 15 is 0 Å². The van der Waals surface area contributed by atoms with Gasteiger partial charge in [0.05, 0.1) is 32.5 Å². The molecule has 1 heterocycles. The third-order valence-corrected chi connectivity index (χ3v) is 16.2. The Labute approximate surface area is 361 Å². The molecule has 8 rings (SSSR count). The van der Waals surface area contributed by atoms with E-state index in [1.165, 1.54) is 51.4 Å². The number of allylic oxidation sites excluding steroid dienone is 1. The molecule has 1 unspecified atom stereocenters. The van der Waals surface area contributed by atoms with Crippen LogP contribution in [0.15, 0.2) is 103 Å². The van der Waals surface area contributed by atoms with Crippen molar-refractivity contribution < 1.29 is 28.8 Å². The van der Waals surface area contributed by atoms with Gasteiger partial charge in [-0.05, 0) is 114 Å². The highest BCUT2D eigenvalue weighted by Crippen LogP contribution is 2.67. The van der Waals surface area contributed by atoms with Crippen molar-refractivity contribution in [3.8, 4) is 0 Å². The van der Waals surface area contributed by atoms with Crippen LogP contribution in [-0.4, -0.2) is 48.5 Å². The lowest BCUT2D eigenvalue weighted by Crippen LogP contribution is -2.61. The van der Waals surface area contributed by atoms with Gasteiger partial charge in [-0.2, -0.15) is 0 Å². The summed E-state index contributed by atoms with van der Waals surface area (Å²) in [4.78, 5) is 0. The molecule has 0 spiro atoms. The van der Waals surface area contributed by atoms with E-state index in [1.807, 2.05) is 54.6 Å². The molecular formula is C54H74O6. The normalized spacial score (nSPS) is 35.6. The van der Waals surface area contributed by atoms with Crippen LogP contribution < -0.4 is 0 Å². The molecule has 5 aliphatic rings. The van der Waals surface area contributed by atoms with Crippen LogP contribution in [0.1, 0.15) is 122 Å². The van der Waals surface area contributed by atoms with Gasteiger partial charge in [0, 0.05) is 0 Å². The van der Waals surface area contributed by atoms with E-state index in [0.717, 1.165) is 71.5 Å². The molecule has 4 aliphatic carbocycles. The zero-order chi connectivity index (χ0) is 41.7. The summed E-state index contributed by atoms with van der Waals surface area (Å²) in [6.45, 7) is 14.0. The van der Waals surface area contributed by atoms with Crippen LogP contribution in [0.4, 0.5) is 0 Å². The number of fused-ring (bicyclic) bond motifs is 5. The summed E-state index contributed by atoms with van der Waals surface area (Å²) < 4.78 is 33.3. The van der Waals surface area contributed by atoms with Gasteiger partial charge in [-0.15, -0.1) is 0 Å². The van der Waals surface area contributed by atoms with Gasteiger partial charge in [0.1, 0.15) is 24.4 Å². The lowest BCUT2D eigenvalue weighted by atomic mass is 9.47. The van der Waals surface area contributed by atoms with Gasteiger partial charge in [-0.1, -0.05) is 157 Å². The monoisotopic (exact) mass is 819 g/mol. The first kappa shape index (κ1) is 43.8. The minimum absolute atomic E-state index is 0.0422. The lowest BCUT2D eigenvalue weighted by molar-refractivity contribution is -0.328. The predicted octanol–water partition coefficient (Wildman–Crippen LogP) is 11.9. The number of aliphatic hydroxyl groups is 1. The maximum absolute atomic E-state index is 12.2. The second-order valence-corrected chi connectivity index (χ2v) is 20.3. The van der Waals surface area contributed by atoms with Crippen molar-refractivity contribution in [1.29, 1.82) is 0 Å². The average molecular weight is 819 g/mol. The van der Waals surface area contributed by atoms with Crippen molar-refractivity contribution in [2.45, 2.75) is 162 Å². The van der Waals surface area contributed by atoms with E-state index in [4.69, 9.17) is 23.7 Å². The van der Waals surface area contributed by atoms with Gasteiger partial charge >= 0.3 is 0 Å². The number of hydrogen-bond acceptors (Lipinski definition) is 6. The molecule has 3 aromatic rings. The van der Waals surface area contributed by atoms with Gasteiger partial charge < -0.3 is 28.8 Å². The maximum Gasteiger partial charge on any atom is 0.186 e. The maximum atomic E-state index is 12.2. The van der Waals surface area contributed by atoms with Crippen molar-refractivity contribution in [2.24, 2.45) is 46.3 Å². The molecule has 0 radical (unpaired) electrons. The average Bonchev–Trinajstić information content (AvgIpc) is 3.62. The van der Waals surface area contributed by atoms with Gasteiger partial charge in [-0.25, -0.2) is 0 Å². The second-order valence-electron chi connectivity index (χ2n) is 20.3. The first-order valence-electron chi connectivity index (χ1n) is 23.7. The molecule has 0 bridgehead atoms. The van der Waals surface area contributed by atoms with Gasteiger partial charge in [0.2, 0.25) is 0 Å². The van der Waals surface area contributed by atoms with Gasteiger partial charge in [0.15, 0.2) is 6.29 Å². The van der Waals surface area contributed by atoms with Gasteiger partial charge in [-0.3, -0.25) is 0 Å². The third-order valence-electron chi connectivity index (χ3n) is 16.2. The Balaban J connectivity index is 0.968. The van der Waals surface area contributed by atoms with Crippen LogP contribution in [-0.2, 0) is 43.5 Å². The van der Waals surface area contributed by atoms with E-state index in [-0.39, 0.29) is 18.1 Å². The molecule has 60 heavy (non-hydrogen) atoms. The topological polar surface area (TPSA) is 66.4 Å². The quantitative estimate of drug-likeness (QED) is 0.137. The molecule has 13 atom stereocenters. The van der Waals surface area contributed by atoms with Crippen LogP contribution in [0.3, 0.4) is 0 Å². The van der Waals surface area contributed by atoms with E-state index in [2.05, 4.69) is 77.1 Å². The first-order valence-corrected chi connectivity index (χ1v) is 23.7. The molecule has 1 N–H and O–H groups in total. The fourth-order valence-corrected chi connectivity index (χ4v) is 12.9. The summed E-state index contributed by atoms with van der Waals surface area (Å²) in [7, 11) is 0. The fourth-order valence-electron chi connectivity index (χ4n) is 12.9. The first-order chi connectivity index (χ1) is 29.1. The van der Waals surface area contributed by atoms with E-state index in [1.54, 1.807) is 5.57 Å². The van der Waals surface area contributed by atoms with Crippen molar-refractivity contribution in [2.75, 3.05) is 6.61 Å². The van der Waals surface area contributed by atoms with Crippen LogP contribution >= 0.6 is 0 Å². The largest absolute Gasteiger partial charge is 0.385 e. The van der Waals surface area contributed by atoms with Crippen LogP contribution in [0.2, 0.25) is 0 Å². The minimum Gasteiger partial charge on any atom is -0.385 e. The Kier molecular flexibility index (Phi) is 14.4. The molecule has 6 heteroatoms. The third kappa shape index (κ3) is 9.70. The SMILES string of the molecule is CC(C)CCC[C@@H](C)[C@H]1CC[C@H]2[C@@H]3CC=C4CC(O[C@@H]5O[C@H](COCc6ccccc6)[C@@H](OCc6ccccc6)[C@H](OCc6ccccc6)[C@H]5O)CC[C@]4(C)[C@H]3CC[C@]12C. The predicted molar refractivity (Wildman–Crippen MR) is 239 cm³/mol. The fraction of sp³-hybridized carbons (Fsp3) is 0.630. The number of rotatable bonds is 17. The Morgan fingerprint density at radius 3 is 2.00 bits per heavy atom. The molecule has 6 nitrogen and oxygen atoms in total. The summed E-state index contributed by atoms with van der Waals surface area (Å²) >= 11 is 0. The molecule has 0 amide bonds. The molecule has 1 aliphatic heterocycles. The van der Waals surface area contributed by atoms with Crippen molar-refractivity contribution in [3.63, 3.8) is 0 Å². The molecule has 3 saturated carbocycles. The van der Waals surface area contributed by atoms with E-state index in [9.17, 15) is 5.11 Å². The molecule has 0 aromatic heterocycles. The van der Waals surface area contributed by atoms with E-state index in [0.29, 0.717) is 25.2 Å². The second kappa shape index (κ2) is 19.7. The number of benzene rings is 3. The van der Waals surface area contributed by atoms with Crippen LogP contribution in [0, 0.1) is 46.3 Å². The summed E-state index contributed by atoms with van der Waals surface area (Å²) in [5.41, 5.74) is 5.45. The van der Waals surface area contributed by atoms with Crippen LogP contribution in [0.5, 0.6) is 0 Å². The highest BCUT2D eigenvalue weighted by atomic mass is 16.7. The Morgan fingerprint density at radius 1 is 0.717 bits per heavy atom. The summed E-state index contributed by atoms with van der Waals surface area (Å²) in [6.07, 6.45) is 12.8.